The van der Waals surface area contributed by atoms with Crippen molar-refractivity contribution in [1.29, 1.82) is 5.26 Å². The van der Waals surface area contributed by atoms with Crippen LogP contribution < -0.4 is 10.2 Å². The largest absolute Gasteiger partial charge is 0.480 e. The van der Waals surface area contributed by atoms with E-state index in [4.69, 9.17) is 10.4 Å². The Morgan fingerprint density at radius 1 is 1.37 bits per heavy atom. The van der Waals surface area contributed by atoms with Gasteiger partial charge in [-0.3, -0.25) is 4.90 Å². The van der Waals surface area contributed by atoms with E-state index in [0.29, 0.717) is 11.3 Å². The highest BCUT2D eigenvalue weighted by Crippen LogP contribution is 2.18. The number of nitrogens with zero attached hydrogens (tertiary/aromatic N) is 2. The molecule has 0 saturated carbocycles. The molecule has 0 spiro atoms. The summed E-state index contributed by atoms with van der Waals surface area (Å²) in [6, 6.07) is 7.98. The molecule has 0 fully saturated rings. The second kappa shape index (κ2) is 5.40. The van der Waals surface area contributed by atoms with Gasteiger partial charge in [-0.2, -0.15) is 5.26 Å². The number of carbonyl (C=O) groups is 2. The number of para-hydroxylation sites is 1. The molecule has 0 atom stereocenters. The molecule has 0 unspecified atom stereocenters. The van der Waals surface area contributed by atoms with Gasteiger partial charge in [0.1, 0.15) is 11.6 Å². The molecule has 2 amide bonds. The van der Waals surface area contributed by atoms with Gasteiger partial charge in [0, 0.05) is 7.05 Å². The summed E-state index contributed by atoms with van der Waals surface area (Å²) in [5, 5.41) is 20.3. The molecule has 0 aromatic heterocycles. The van der Waals surface area contributed by atoms with E-state index in [9.17, 15) is 9.59 Å². The minimum Gasteiger partial charge on any atom is -0.480 e. The number of hydrogen-bond acceptors (Lipinski definition) is 3. The van der Waals surface area contributed by atoms with Crippen LogP contribution in [0, 0.1) is 11.3 Å². The van der Waals surface area contributed by atoms with Crippen molar-refractivity contribution in [1.82, 2.24) is 5.32 Å². The van der Waals surface area contributed by atoms with Gasteiger partial charge in [-0.15, -0.1) is 0 Å². The van der Waals surface area contributed by atoms with Crippen molar-refractivity contribution in [3.05, 3.63) is 29.8 Å². The molecule has 0 radical (unpaired) electrons. The molecular formula is C13H15N3O3. The molecule has 6 nitrogen and oxygen atoms in total. The first-order valence-electron chi connectivity index (χ1n) is 5.58. The van der Waals surface area contributed by atoms with Gasteiger partial charge in [-0.25, -0.2) is 9.59 Å². The first kappa shape index (κ1) is 14.5. The van der Waals surface area contributed by atoms with Crippen LogP contribution in [0.25, 0.3) is 0 Å². The number of urea groups is 1. The van der Waals surface area contributed by atoms with E-state index in [1.807, 2.05) is 6.07 Å². The smallest absolute Gasteiger partial charge is 0.328 e. The fourth-order valence-electron chi connectivity index (χ4n) is 1.37. The molecule has 0 aliphatic heterocycles. The Hall–Kier alpha value is -2.55. The summed E-state index contributed by atoms with van der Waals surface area (Å²) in [6.07, 6.45) is 0. The average Bonchev–Trinajstić information content (AvgIpc) is 2.37. The summed E-state index contributed by atoms with van der Waals surface area (Å²) in [6.45, 7) is 2.77. The van der Waals surface area contributed by atoms with Crippen molar-refractivity contribution in [3.63, 3.8) is 0 Å². The number of carboxylic acids is 1. The topological polar surface area (TPSA) is 93.4 Å². The maximum atomic E-state index is 12.0. The fraction of sp³-hybridized carbons (Fsp3) is 0.308. The van der Waals surface area contributed by atoms with Gasteiger partial charge in [-0.05, 0) is 26.0 Å². The van der Waals surface area contributed by atoms with Gasteiger partial charge in [0.2, 0.25) is 0 Å². The van der Waals surface area contributed by atoms with Crippen LogP contribution in [0.15, 0.2) is 24.3 Å². The third-order valence-electron chi connectivity index (χ3n) is 2.64. The Morgan fingerprint density at radius 2 is 1.95 bits per heavy atom. The van der Waals surface area contributed by atoms with Gasteiger partial charge in [0.05, 0.1) is 11.3 Å². The zero-order chi connectivity index (χ0) is 14.6. The van der Waals surface area contributed by atoms with Crippen LogP contribution in [0.3, 0.4) is 0 Å². The lowest BCUT2D eigenvalue weighted by Crippen LogP contribution is -2.53. The zero-order valence-electron chi connectivity index (χ0n) is 11.0. The van der Waals surface area contributed by atoms with Crippen molar-refractivity contribution in [2.45, 2.75) is 19.4 Å². The van der Waals surface area contributed by atoms with Crippen molar-refractivity contribution < 1.29 is 14.7 Å². The van der Waals surface area contributed by atoms with Gasteiger partial charge in [-0.1, -0.05) is 12.1 Å². The lowest BCUT2D eigenvalue weighted by atomic mass is 10.1. The van der Waals surface area contributed by atoms with Crippen molar-refractivity contribution >= 4 is 17.7 Å². The number of amides is 2. The molecule has 1 rings (SSSR count). The van der Waals surface area contributed by atoms with Crippen LogP contribution in [-0.2, 0) is 4.79 Å². The molecule has 1 aromatic carbocycles. The normalized spacial score (nSPS) is 10.4. The number of nitriles is 1. The van der Waals surface area contributed by atoms with Crippen molar-refractivity contribution in [2.24, 2.45) is 0 Å². The second-order valence-corrected chi connectivity index (χ2v) is 4.55. The van der Waals surface area contributed by atoms with Gasteiger partial charge >= 0.3 is 12.0 Å². The third kappa shape index (κ3) is 3.22. The Kier molecular flexibility index (Phi) is 4.12. The van der Waals surface area contributed by atoms with E-state index < -0.39 is 17.5 Å². The highest BCUT2D eigenvalue weighted by atomic mass is 16.4. The highest BCUT2D eigenvalue weighted by molar-refractivity contribution is 5.96. The van der Waals surface area contributed by atoms with E-state index in [-0.39, 0.29) is 0 Å². The average molecular weight is 261 g/mol. The van der Waals surface area contributed by atoms with Crippen LogP contribution in [0.1, 0.15) is 19.4 Å². The summed E-state index contributed by atoms with van der Waals surface area (Å²) < 4.78 is 0. The summed E-state index contributed by atoms with van der Waals surface area (Å²) in [5.74, 6) is -1.14. The third-order valence-corrected chi connectivity index (χ3v) is 2.64. The molecular weight excluding hydrogens is 246 g/mol. The molecule has 1 aromatic rings. The predicted molar refractivity (Wildman–Crippen MR) is 69.8 cm³/mol. The number of anilines is 1. The summed E-state index contributed by atoms with van der Waals surface area (Å²) in [4.78, 5) is 24.1. The Balaban J connectivity index is 2.95. The van der Waals surface area contributed by atoms with Gasteiger partial charge < -0.3 is 10.4 Å². The zero-order valence-corrected chi connectivity index (χ0v) is 11.0. The summed E-state index contributed by atoms with van der Waals surface area (Å²) in [7, 11) is 1.48. The fourth-order valence-corrected chi connectivity index (χ4v) is 1.37. The number of rotatable bonds is 3. The van der Waals surface area contributed by atoms with Crippen LogP contribution >= 0.6 is 0 Å². The number of hydrogen-bond donors (Lipinski definition) is 2. The minimum atomic E-state index is -1.38. The lowest BCUT2D eigenvalue weighted by Gasteiger charge is -2.26. The Morgan fingerprint density at radius 3 is 2.47 bits per heavy atom. The highest BCUT2D eigenvalue weighted by Gasteiger charge is 2.30. The van der Waals surface area contributed by atoms with Crippen molar-refractivity contribution in [3.8, 4) is 6.07 Å². The van der Waals surface area contributed by atoms with Crippen molar-refractivity contribution in [2.75, 3.05) is 11.9 Å². The molecule has 0 bridgehead atoms. The van der Waals surface area contributed by atoms with E-state index in [0.717, 1.165) is 0 Å². The molecule has 100 valence electrons. The van der Waals surface area contributed by atoms with E-state index in [2.05, 4.69) is 5.32 Å². The first-order chi connectivity index (χ1) is 8.79. The maximum absolute atomic E-state index is 12.0. The van der Waals surface area contributed by atoms with Gasteiger partial charge in [0.25, 0.3) is 0 Å². The molecule has 0 saturated heterocycles. The second-order valence-electron chi connectivity index (χ2n) is 4.55. The van der Waals surface area contributed by atoms with Crippen LogP contribution in [-0.4, -0.2) is 29.7 Å². The number of nitrogens with one attached hydrogen (secondary N) is 1. The van der Waals surface area contributed by atoms with E-state index >= 15 is 0 Å². The summed E-state index contributed by atoms with van der Waals surface area (Å²) in [5.41, 5.74) is -0.621. The molecule has 0 aliphatic rings. The van der Waals surface area contributed by atoms with Crippen LogP contribution in [0.2, 0.25) is 0 Å². The van der Waals surface area contributed by atoms with E-state index in [1.54, 1.807) is 24.3 Å². The molecule has 19 heavy (non-hydrogen) atoms. The summed E-state index contributed by atoms with van der Waals surface area (Å²) >= 11 is 0. The Bertz CT molecular complexity index is 546. The first-order valence-corrected chi connectivity index (χ1v) is 5.58. The minimum absolute atomic E-state index is 0.341. The monoisotopic (exact) mass is 261 g/mol. The quantitative estimate of drug-likeness (QED) is 0.863. The van der Waals surface area contributed by atoms with Crippen LogP contribution in [0.5, 0.6) is 0 Å². The SMILES string of the molecule is CN(C(=O)NC(C)(C)C(=O)O)c1ccccc1C#N. The number of benzene rings is 1. The van der Waals surface area contributed by atoms with E-state index in [1.165, 1.54) is 25.8 Å². The molecule has 6 heteroatoms. The number of carbonyl (C=O) groups excluding carboxylic acids is 1. The molecule has 0 aliphatic carbocycles. The van der Waals surface area contributed by atoms with Crippen LogP contribution in [0.4, 0.5) is 10.5 Å². The lowest BCUT2D eigenvalue weighted by molar-refractivity contribution is -0.142. The molecule has 2 N–H and O–H groups in total. The Labute approximate surface area is 111 Å². The maximum Gasteiger partial charge on any atom is 0.328 e. The number of aliphatic carboxylic acids is 1. The number of carboxylic acid groups (broad SMARTS) is 1. The standard InChI is InChI=1S/C13H15N3O3/c1-13(2,11(17)18)15-12(19)16(3)10-7-5-4-6-9(10)8-14/h4-7H,1-3H3,(H,15,19)(H,17,18). The molecule has 0 heterocycles. The van der Waals surface area contributed by atoms with Gasteiger partial charge in [0.15, 0.2) is 0 Å². The predicted octanol–water partition coefficient (Wildman–Crippen LogP) is 1.57.